The quantitative estimate of drug-likeness (QED) is 0.166. The van der Waals surface area contributed by atoms with Crippen LogP contribution in [0.4, 0.5) is 21.5 Å². The third-order valence-corrected chi connectivity index (χ3v) is 15.9. The van der Waals surface area contributed by atoms with Crippen LogP contribution in [0, 0.1) is 35.4 Å². The summed E-state index contributed by atoms with van der Waals surface area (Å²) in [5, 5.41) is 2.19. The summed E-state index contributed by atoms with van der Waals surface area (Å²) in [7, 11) is 0. The normalized spacial score (nSPS) is 25.4. The van der Waals surface area contributed by atoms with Gasteiger partial charge in [-0.3, -0.25) is 0 Å². The predicted molar refractivity (Wildman–Crippen MR) is 253 cm³/mol. The van der Waals surface area contributed by atoms with E-state index in [1.54, 1.807) is 6.07 Å². The molecular weight excluding hydrogens is 758 g/mol. The fourth-order valence-electron chi connectivity index (χ4n) is 13.6. The lowest BCUT2D eigenvalue weighted by molar-refractivity contribution is -0.0425. The van der Waals surface area contributed by atoms with Crippen LogP contribution in [0.3, 0.4) is 0 Å². The van der Waals surface area contributed by atoms with E-state index in [0.717, 1.165) is 62.0 Å². The van der Waals surface area contributed by atoms with Crippen molar-refractivity contribution in [1.29, 1.82) is 0 Å². The van der Waals surface area contributed by atoms with E-state index >= 15 is 4.39 Å². The molecule has 62 heavy (non-hydrogen) atoms. The number of rotatable bonds is 6. The lowest BCUT2D eigenvalue weighted by Gasteiger charge is -2.62. The molecule has 0 N–H and O–H groups in total. The molecule has 4 saturated carbocycles. The summed E-state index contributed by atoms with van der Waals surface area (Å²) in [6, 6.07) is 56.0. The van der Waals surface area contributed by atoms with Crippen molar-refractivity contribution in [1.82, 2.24) is 0 Å². The Morgan fingerprint density at radius 1 is 0.548 bits per heavy atom. The molecule has 0 amide bonds. The van der Waals surface area contributed by atoms with Crippen LogP contribution in [0.2, 0.25) is 0 Å². The van der Waals surface area contributed by atoms with Gasteiger partial charge in [0.15, 0.2) is 0 Å². The molecule has 6 aliphatic rings. The zero-order chi connectivity index (χ0) is 41.1. The monoisotopic (exact) mass is 805 g/mol. The lowest BCUT2D eigenvalue weighted by atomic mass is 9.42. The van der Waals surface area contributed by atoms with Crippen LogP contribution in [0.1, 0.15) is 56.1 Å². The molecule has 0 aliphatic heterocycles. The molecule has 8 aromatic rings. The van der Waals surface area contributed by atoms with E-state index < -0.39 is 0 Å². The molecule has 0 radical (unpaired) electrons. The first-order valence-electron chi connectivity index (χ1n) is 22.8. The van der Waals surface area contributed by atoms with Crippen molar-refractivity contribution in [2.45, 2.75) is 50.4 Å². The number of fused-ring (bicyclic) bond motifs is 6. The van der Waals surface area contributed by atoms with Gasteiger partial charge in [0.05, 0.1) is 0 Å². The first kappa shape index (κ1) is 36.2. The van der Waals surface area contributed by atoms with Crippen LogP contribution in [0.5, 0.6) is 0 Å². The fraction of sp³-hybridized carbons (Fsp3) is 0.220. The standard InChI is InChI=1S/C59H48FNO/c1-36-9-8-14-52-56(36)57-53(60)28-27-49(58(57)59(52)44-30-37-29-38(32-44)33-45(59)31-37)43-19-25-50-51-26-24-48(35-55(51)62-54(50)34-43)61(46-20-15-41(16-21-46)39-10-4-2-5-11-39)47-22-17-42(18-23-47)40-12-6-3-7-13-40/h2-28,34-38,44-45,56H,29-33H2,1H3. The summed E-state index contributed by atoms with van der Waals surface area (Å²) in [4.78, 5) is 2.32. The predicted octanol–water partition coefficient (Wildman–Crippen LogP) is 16.1. The van der Waals surface area contributed by atoms with Crippen LogP contribution in [0.25, 0.3) is 55.3 Å². The summed E-state index contributed by atoms with van der Waals surface area (Å²) in [6.45, 7) is 2.30. The summed E-state index contributed by atoms with van der Waals surface area (Å²) >= 11 is 0. The van der Waals surface area contributed by atoms with Crippen molar-refractivity contribution in [3.63, 3.8) is 0 Å². The Morgan fingerprint density at radius 3 is 1.69 bits per heavy atom. The number of hydrogen-bond donors (Lipinski definition) is 0. The van der Waals surface area contributed by atoms with Gasteiger partial charge in [0.2, 0.25) is 0 Å². The van der Waals surface area contributed by atoms with E-state index in [0.29, 0.717) is 11.8 Å². The number of nitrogens with zero attached hydrogens (tertiary/aromatic N) is 1. The van der Waals surface area contributed by atoms with Crippen LogP contribution in [-0.2, 0) is 5.41 Å². The van der Waals surface area contributed by atoms with Gasteiger partial charge in [-0.05, 0) is 155 Å². The van der Waals surface area contributed by atoms with Crippen molar-refractivity contribution < 1.29 is 8.81 Å². The van der Waals surface area contributed by atoms with Gasteiger partial charge in [0, 0.05) is 50.8 Å². The van der Waals surface area contributed by atoms with Gasteiger partial charge in [-0.15, -0.1) is 0 Å². The molecule has 1 heterocycles. The molecule has 2 unspecified atom stereocenters. The second-order valence-corrected chi connectivity index (χ2v) is 19.1. The second kappa shape index (κ2) is 13.8. The molecule has 14 rings (SSSR count). The zero-order valence-corrected chi connectivity index (χ0v) is 35.0. The Labute approximate surface area is 363 Å². The van der Waals surface area contributed by atoms with Crippen LogP contribution >= 0.6 is 0 Å². The Balaban J connectivity index is 0.927. The summed E-state index contributed by atoms with van der Waals surface area (Å²) in [6.07, 6.45) is 13.5. The zero-order valence-electron chi connectivity index (χ0n) is 35.0. The molecule has 2 atom stereocenters. The first-order chi connectivity index (χ1) is 30.5. The van der Waals surface area contributed by atoms with Gasteiger partial charge in [0.1, 0.15) is 17.0 Å². The van der Waals surface area contributed by atoms with E-state index in [1.807, 2.05) is 0 Å². The Morgan fingerprint density at radius 2 is 1.08 bits per heavy atom. The van der Waals surface area contributed by atoms with E-state index in [4.69, 9.17) is 4.42 Å². The van der Waals surface area contributed by atoms with Crippen molar-refractivity contribution in [3.8, 4) is 33.4 Å². The highest BCUT2D eigenvalue weighted by Gasteiger charge is 2.65. The molecule has 3 heteroatoms. The van der Waals surface area contributed by atoms with E-state index in [1.165, 1.54) is 71.1 Å². The summed E-state index contributed by atoms with van der Waals surface area (Å²) in [5.41, 5.74) is 15.6. The van der Waals surface area contributed by atoms with Crippen LogP contribution < -0.4 is 4.90 Å². The van der Waals surface area contributed by atoms with Gasteiger partial charge in [-0.1, -0.05) is 128 Å². The maximum absolute atomic E-state index is 16.6. The topological polar surface area (TPSA) is 16.4 Å². The van der Waals surface area contributed by atoms with Gasteiger partial charge in [0.25, 0.3) is 0 Å². The SMILES string of the molecule is CC1C=CC=C2C1c1c(F)ccc(-c3ccc4c(c3)oc3cc(N(c5ccc(-c6ccccc6)cc5)c5ccc(-c6ccccc6)cc5)ccc34)c1C21C2CC3CC(C2)CC1C3. The lowest BCUT2D eigenvalue weighted by Crippen LogP contribution is -2.55. The Kier molecular flexibility index (Phi) is 8.05. The smallest absolute Gasteiger partial charge is 0.137 e. The van der Waals surface area contributed by atoms with E-state index in [2.05, 4.69) is 182 Å². The highest BCUT2D eigenvalue weighted by Crippen LogP contribution is 2.72. The van der Waals surface area contributed by atoms with E-state index in [9.17, 15) is 0 Å². The average molecular weight is 806 g/mol. The van der Waals surface area contributed by atoms with Crippen molar-refractivity contribution in [2.75, 3.05) is 4.90 Å². The summed E-state index contributed by atoms with van der Waals surface area (Å²) < 4.78 is 23.5. The van der Waals surface area contributed by atoms with Crippen molar-refractivity contribution in [2.24, 2.45) is 29.6 Å². The van der Waals surface area contributed by atoms with Gasteiger partial charge in [-0.25, -0.2) is 4.39 Å². The minimum Gasteiger partial charge on any atom is -0.456 e. The third kappa shape index (κ3) is 5.33. The molecule has 0 saturated heterocycles. The maximum atomic E-state index is 16.6. The van der Waals surface area contributed by atoms with E-state index in [-0.39, 0.29) is 23.1 Å². The maximum Gasteiger partial charge on any atom is 0.137 e. The minimum atomic E-state index is -0.0936. The second-order valence-electron chi connectivity index (χ2n) is 19.1. The first-order valence-corrected chi connectivity index (χ1v) is 22.8. The molecule has 1 aromatic heterocycles. The number of benzene rings is 7. The molecule has 7 aromatic carbocycles. The highest BCUT2D eigenvalue weighted by atomic mass is 19.1. The number of furan rings is 1. The molecule has 4 bridgehead atoms. The molecular formula is C59H48FNO. The Hall–Kier alpha value is -6.45. The minimum absolute atomic E-state index is 0.0289. The molecule has 1 spiro atoms. The number of halogens is 1. The van der Waals surface area contributed by atoms with Crippen molar-refractivity contribution in [3.05, 3.63) is 198 Å². The van der Waals surface area contributed by atoms with Crippen LogP contribution in [-0.4, -0.2) is 0 Å². The van der Waals surface area contributed by atoms with Gasteiger partial charge in [-0.2, -0.15) is 0 Å². The van der Waals surface area contributed by atoms with Crippen LogP contribution in [0.15, 0.2) is 186 Å². The van der Waals surface area contributed by atoms with Gasteiger partial charge < -0.3 is 9.32 Å². The highest BCUT2D eigenvalue weighted by molar-refractivity contribution is 6.07. The molecule has 2 nitrogen and oxygen atoms in total. The fourth-order valence-corrected chi connectivity index (χ4v) is 13.6. The molecule has 6 aliphatic carbocycles. The number of hydrogen-bond acceptors (Lipinski definition) is 2. The number of anilines is 3. The van der Waals surface area contributed by atoms with Crippen molar-refractivity contribution >= 4 is 39.0 Å². The Bertz CT molecular complexity index is 2990. The third-order valence-electron chi connectivity index (χ3n) is 15.9. The summed E-state index contributed by atoms with van der Waals surface area (Å²) in [5.74, 6) is 3.16. The molecule has 302 valence electrons. The molecule has 4 fully saturated rings. The average Bonchev–Trinajstić information content (AvgIpc) is 3.84. The largest absolute Gasteiger partial charge is 0.456 e. The van der Waals surface area contributed by atoms with Gasteiger partial charge >= 0.3 is 0 Å². The number of allylic oxidation sites excluding steroid dienone is 4.